The Hall–Kier alpha value is -1.90. The molecule has 1 unspecified atom stereocenters. The van der Waals surface area contributed by atoms with Gasteiger partial charge in [0.05, 0.1) is 22.7 Å². The van der Waals surface area contributed by atoms with Crippen LogP contribution >= 0.6 is 0 Å². The lowest BCUT2D eigenvalue weighted by Crippen LogP contribution is -2.38. The predicted molar refractivity (Wildman–Crippen MR) is 101 cm³/mol. The van der Waals surface area contributed by atoms with Crippen LogP contribution in [0.25, 0.3) is 0 Å². The maximum Gasteiger partial charge on any atom is 0.269 e. The van der Waals surface area contributed by atoms with Crippen molar-refractivity contribution in [2.45, 2.75) is 64.0 Å². The second-order valence-corrected chi connectivity index (χ2v) is 10.7. The predicted octanol–water partition coefficient (Wildman–Crippen LogP) is 0.939. The molecule has 2 amide bonds. The number of hydrogen-bond acceptors (Lipinski definition) is 5. The lowest BCUT2D eigenvalue weighted by molar-refractivity contribution is -0.121. The van der Waals surface area contributed by atoms with E-state index >= 15 is 0 Å². The molecule has 0 radical (unpaired) electrons. The second-order valence-electron chi connectivity index (χ2n) is 8.48. The molecule has 8 nitrogen and oxygen atoms in total. The largest absolute Gasteiger partial charge is 0.352 e. The summed E-state index contributed by atoms with van der Waals surface area (Å²) in [6.07, 6.45) is 2.79. The first kappa shape index (κ1) is 19.9. The van der Waals surface area contributed by atoms with Crippen LogP contribution < -0.4 is 10.6 Å². The molecule has 150 valence electrons. The third-order valence-electron chi connectivity index (χ3n) is 4.83. The van der Waals surface area contributed by atoms with Crippen LogP contribution in [0.3, 0.4) is 0 Å². The molecule has 1 saturated carbocycles. The van der Waals surface area contributed by atoms with Gasteiger partial charge < -0.3 is 10.6 Å². The van der Waals surface area contributed by atoms with Gasteiger partial charge in [0.15, 0.2) is 9.84 Å². The Kier molecular flexibility index (Phi) is 5.33. The number of sulfone groups is 1. The number of hydrogen-bond donors (Lipinski definition) is 2. The quantitative estimate of drug-likeness (QED) is 0.744. The fourth-order valence-corrected chi connectivity index (χ4v) is 4.91. The average Bonchev–Trinajstić information content (AvgIpc) is 3.19. The molecule has 1 saturated heterocycles. The van der Waals surface area contributed by atoms with Gasteiger partial charge >= 0.3 is 0 Å². The number of carbonyl (C=O) groups excluding carboxylic acids is 2. The molecule has 2 heterocycles. The van der Waals surface area contributed by atoms with Crippen molar-refractivity contribution in [3.05, 3.63) is 17.5 Å². The summed E-state index contributed by atoms with van der Waals surface area (Å²) < 4.78 is 24.6. The number of amides is 2. The molecule has 1 aromatic heterocycles. The summed E-state index contributed by atoms with van der Waals surface area (Å²) in [5, 5.41) is 10.1. The normalized spacial score (nSPS) is 21.8. The zero-order valence-corrected chi connectivity index (χ0v) is 16.9. The Bertz CT molecular complexity index is 834. The highest BCUT2D eigenvalue weighted by Gasteiger charge is 2.31. The van der Waals surface area contributed by atoms with Gasteiger partial charge in [-0.1, -0.05) is 0 Å². The zero-order chi connectivity index (χ0) is 19.8. The first-order valence-corrected chi connectivity index (χ1v) is 11.3. The van der Waals surface area contributed by atoms with Gasteiger partial charge in [0, 0.05) is 24.9 Å². The number of carbonyl (C=O) groups is 2. The Balaban J connectivity index is 1.53. The van der Waals surface area contributed by atoms with E-state index in [0.717, 1.165) is 18.5 Å². The lowest BCUT2D eigenvalue weighted by Gasteiger charge is -2.22. The molecule has 1 aliphatic carbocycles. The van der Waals surface area contributed by atoms with E-state index in [4.69, 9.17) is 0 Å². The van der Waals surface area contributed by atoms with Crippen molar-refractivity contribution in [1.82, 2.24) is 20.4 Å². The standard InChI is InChI=1S/C18H28N4O4S/c1-18(2,3)22-15(10-14(21-22)12-4-5-12)17(24)19-8-6-16(23)20-13-7-9-27(25,26)11-13/h10,12-13H,4-9,11H2,1-3H3,(H,19,24)(H,20,23). The molecule has 0 spiro atoms. The highest BCUT2D eigenvalue weighted by Crippen LogP contribution is 2.40. The molecule has 2 aliphatic rings. The van der Waals surface area contributed by atoms with Crippen molar-refractivity contribution >= 4 is 21.7 Å². The van der Waals surface area contributed by atoms with Crippen molar-refractivity contribution < 1.29 is 18.0 Å². The molecule has 9 heteroatoms. The number of nitrogens with one attached hydrogen (secondary N) is 2. The average molecular weight is 397 g/mol. The Labute approximate surface area is 160 Å². The van der Waals surface area contributed by atoms with Gasteiger partial charge in [-0.3, -0.25) is 14.3 Å². The first-order valence-electron chi connectivity index (χ1n) is 9.43. The van der Waals surface area contributed by atoms with Crippen molar-refractivity contribution in [3.8, 4) is 0 Å². The van der Waals surface area contributed by atoms with E-state index in [-0.39, 0.29) is 47.9 Å². The first-order chi connectivity index (χ1) is 12.5. The van der Waals surface area contributed by atoms with E-state index in [2.05, 4.69) is 15.7 Å². The van der Waals surface area contributed by atoms with Gasteiger partial charge in [-0.05, 0) is 46.1 Å². The minimum atomic E-state index is -3.02. The van der Waals surface area contributed by atoms with Gasteiger partial charge in [-0.15, -0.1) is 0 Å². The molecule has 27 heavy (non-hydrogen) atoms. The van der Waals surface area contributed by atoms with Crippen LogP contribution in [0.4, 0.5) is 0 Å². The topological polar surface area (TPSA) is 110 Å². The van der Waals surface area contributed by atoms with Crippen molar-refractivity contribution in [2.75, 3.05) is 18.1 Å². The van der Waals surface area contributed by atoms with Crippen LogP contribution in [0.15, 0.2) is 6.07 Å². The summed E-state index contributed by atoms with van der Waals surface area (Å²) in [6.45, 7) is 6.18. The van der Waals surface area contributed by atoms with Gasteiger partial charge in [0.1, 0.15) is 5.69 Å². The maximum atomic E-state index is 12.6. The van der Waals surface area contributed by atoms with Crippen LogP contribution in [0.2, 0.25) is 0 Å². The maximum absolute atomic E-state index is 12.6. The fraction of sp³-hybridized carbons (Fsp3) is 0.722. The number of aromatic nitrogens is 2. The highest BCUT2D eigenvalue weighted by molar-refractivity contribution is 7.91. The number of rotatable bonds is 6. The molecule has 1 aromatic rings. The van der Waals surface area contributed by atoms with E-state index in [1.165, 1.54) is 0 Å². The van der Waals surface area contributed by atoms with E-state index in [0.29, 0.717) is 18.0 Å². The van der Waals surface area contributed by atoms with Crippen LogP contribution in [-0.4, -0.2) is 54.1 Å². The third kappa shape index (κ3) is 5.09. The van der Waals surface area contributed by atoms with Crippen LogP contribution in [0, 0.1) is 0 Å². The summed E-state index contributed by atoms with van der Waals surface area (Å²) in [5.74, 6) is 0.0730. The molecule has 2 N–H and O–H groups in total. The summed E-state index contributed by atoms with van der Waals surface area (Å²) in [4.78, 5) is 24.6. The second kappa shape index (κ2) is 7.26. The molecule has 2 fully saturated rings. The van der Waals surface area contributed by atoms with Crippen molar-refractivity contribution in [2.24, 2.45) is 0 Å². The summed E-state index contributed by atoms with van der Waals surface area (Å²) in [6, 6.07) is 1.53. The monoisotopic (exact) mass is 396 g/mol. The van der Waals surface area contributed by atoms with Crippen molar-refractivity contribution in [1.29, 1.82) is 0 Å². The molecule has 0 aromatic carbocycles. The van der Waals surface area contributed by atoms with Crippen LogP contribution in [0.5, 0.6) is 0 Å². The van der Waals surface area contributed by atoms with E-state index in [1.54, 1.807) is 4.68 Å². The van der Waals surface area contributed by atoms with Gasteiger partial charge in [-0.2, -0.15) is 5.10 Å². The lowest BCUT2D eigenvalue weighted by atomic mass is 10.1. The Morgan fingerprint density at radius 2 is 1.96 bits per heavy atom. The Morgan fingerprint density at radius 3 is 2.52 bits per heavy atom. The minimum absolute atomic E-state index is 0.000188. The molecular weight excluding hydrogens is 368 g/mol. The molecule has 0 bridgehead atoms. The van der Waals surface area contributed by atoms with Crippen LogP contribution in [0.1, 0.15) is 68.6 Å². The third-order valence-corrected chi connectivity index (χ3v) is 6.60. The Morgan fingerprint density at radius 1 is 1.26 bits per heavy atom. The van der Waals surface area contributed by atoms with E-state index in [1.807, 2.05) is 26.8 Å². The smallest absolute Gasteiger partial charge is 0.269 e. The summed E-state index contributed by atoms with van der Waals surface area (Å²) in [5.41, 5.74) is 1.15. The highest BCUT2D eigenvalue weighted by atomic mass is 32.2. The summed E-state index contributed by atoms with van der Waals surface area (Å²) in [7, 11) is -3.02. The van der Waals surface area contributed by atoms with E-state index < -0.39 is 9.84 Å². The van der Waals surface area contributed by atoms with Gasteiger partial charge in [0.2, 0.25) is 5.91 Å². The number of nitrogens with zero attached hydrogens (tertiary/aromatic N) is 2. The van der Waals surface area contributed by atoms with E-state index in [9.17, 15) is 18.0 Å². The fourth-order valence-electron chi connectivity index (χ4n) is 3.24. The minimum Gasteiger partial charge on any atom is -0.352 e. The molecule has 1 aliphatic heterocycles. The zero-order valence-electron chi connectivity index (χ0n) is 16.1. The molecule has 3 rings (SSSR count). The summed E-state index contributed by atoms with van der Waals surface area (Å²) >= 11 is 0. The van der Waals surface area contributed by atoms with Crippen LogP contribution in [-0.2, 0) is 20.2 Å². The molecular formula is C18H28N4O4S. The van der Waals surface area contributed by atoms with Gasteiger partial charge in [0.25, 0.3) is 5.91 Å². The van der Waals surface area contributed by atoms with Crippen molar-refractivity contribution in [3.63, 3.8) is 0 Å². The SMILES string of the molecule is CC(C)(C)n1nc(C2CC2)cc1C(=O)NCCC(=O)NC1CCS(=O)(=O)C1. The molecule has 1 atom stereocenters. The van der Waals surface area contributed by atoms with Gasteiger partial charge in [-0.25, -0.2) is 8.42 Å².